The van der Waals surface area contributed by atoms with Gasteiger partial charge in [0.25, 0.3) is 0 Å². The number of carbonyl (C=O) groups is 1. The Kier molecular flexibility index (Phi) is 19.7. The highest BCUT2D eigenvalue weighted by atomic mass is 16.5. The van der Waals surface area contributed by atoms with Crippen LogP contribution in [0.5, 0.6) is 17.2 Å². The van der Waals surface area contributed by atoms with Crippen molar-refractivity contribution in [2.75, 3.05) is 19.8 Å². The summed E-state index contributed by atoms with van der Waals surface area (Å²) in [6, 6.07) is 3.21. The molecule has 1 aromatic rings. The van der Waals surface area contributed by atoms with Crippen LogP contribution in [0.2, 0.25) is 0 Å². The van der Waals surface area contributed by atoms with Gasteiger partial charge >= 0.3 is 5.97 Å². The first kappa shape index (κ1) is 38.1. The highest BCUT2D eigenvalue weighted by Crippen LogP contribution is 2.40. The van der Waals surface area contributed by atoms with Crippen LogP contribution in [0.4, 0.5) is 0 Å². The number of aromatic carboxylic acids is 1. The Hall–Kier alpha value is -1.91. The smallest absolute Gasteiger partial charge is 0.335 e. The molecule has 0 aromatic heterocycles. The predicted molar refractivity (Wildman–Crippen MR) is 177 cm³/mol. The first-order chi connectivity index (χ1) is 19.9. The van der Waals surface area contributed by atoms with Crippen LogP contribution in [0.25, 0.3) is 0 Å². The Morgan fingerprint density at radius 2 is 0.881 bits per heavy atom. The molecule has 0 spiro atoms. The van der Waals surface area contributed by atoms with E-state index in [1.807, 2.05) is 0 Å². The Morgan fingerprint density at radius 3 is 1.19 bits per heavy atom. The highest BCUT2D eigenvalue weighted by Gasteiger charge is 2.20. The van der Waals surface area contributed by atoms with E-state index < -0.39 is 5.97 Å². The van der Waals surface area contributed by atoms with Crippen LogP contribution in [0.3, 0.4) is 0 Å². The summed E-state index contributed by atoms with van der Waals surface area (Å²) in [7, 11) is 0. The molecule has 0 aliphatic heterocycles. The summed E-state index contributed by atoms with van der Waals surface area (Å²) in [5, 5.41) is 9.85. The van der Waals surface area contributed by atoms with Crippen molar-refractivity contribution >= 4 is 5.97 Å². The van der Waals surface area contributed by atoms with Gasteiger partial charge in [-0.2, -0.15) is 0 Å². The molecule has 0 heterocycles. The van der Waals surface area contributed by atoms with Crippen molar-refractivity contribution in [3.05, 3.63) is 17.7 Å². The number of carboxylic acid groups (broad SMARTS) is 1. The summed E-state index contributed by atoms with van der Waals surface area (Å²) in [5.41, 5.74) is 0.171. The van der Waals surface area contributed by atoms with E-state index in [1.165, 1.54) is 57.8 Å². The Bertz CT molecular complexity index is 800. The molecular formula is C37H66O5. The minimum absolute atomic E-state index is 0.171. The van der Waals surface area contributed by atoms with Crippen LogP contribution in [0, 0.1) is 35.5 Å². The number of rotatable bonds is 25. The number of benzene rings is 1. The van der Waals surface area contributed by atoms with E-state index in [0.29, 0.717) is 54.8 Å². The minimum atomic E-state index is -0.987. The van der Waals surface area contributed by atoms with Crippen molar-refractivity contribution in [3.8, 4) is 17.2 Å². The van der Waals surface area contributed by atoms with Crippen molar-refractivity contribution in [2.24, 2.45) is 35.5 Å². The van der Waals surface area contributed by atoms with Crippen LogP contribution < -0.4 is 14.2 Å². The van der Waals surface area contributed by atoms with Gasteiger partial charge in [0.2, 0.25) is 5.75 Å². The Labute approximate surface area is 259 Å². The second-order valence-electron chi connectivity index (χ2n) is 14.3. The maximum atomic E-state index is 12.0. The zero-order valence-corrected chi connectivity index (χ0v) is 28.8. The fourth-order valence-electron chi connectivity index (χ4n) is 5.22. The van der Waals surface area contributed by atoms with E-state index in [0.717, 1.165) is 37.0 Å². The van der Waals surface area contributed by atoms with Crippen molar-refractivity contribution in [2.45, 2.75) is 139 Å². The van der Waals surface area contributed by atoms with Crippen molar-refractivity contribution < 1.29 is 24.1 Å². The maximum absolute atomic E-state index is 12.0. The molecule has 0 unspecified atom stereocenters. The van der Waals surface area contributed by atoms with Gasteiger partial charge in [0, 0.05) is 0 Å². The first-order valence-corrected chi connectivity index (χ1v) is 17.2. The fourth-order valence-corrected chi connectivity index (χ4v) is 5.22. The van der Waals surface area contributed by atoms with E-state index in [2.05, 4.69) is 62.3 Å². The van der Waals surface area contributed by atoms with Gasteiger partial charge in [-0.25, -0.2) is 4.79 Å². The molecule has 0 saturated heterocycles. The minimum Gasteiger partial charge on any atom is -0.490 e. The third-order valence-corrected chi connectivity index (χ3v) is 8.30. The van der Waals surface area contributed by atoms with Crippen molar-refractivity contribution in [1.29, 1.82) is 0 Å². The molecule has 1 rings (SSSR count). The van der Waals surface area contributed by atoms with Gasteiger partial charge in [-0.3, -0.25) is 0 Å². The van der Waals surface area contributed by atoms with Gasteiger partial charge in [0.05, 0.1) is 25.4 Å². The van der Waals surface area contributed by atoms with E-state index in [9.17, 15) is 9.90 Å². The fraction of sp³-hybridized carbons (Fsp3) is 0.811. The molecule has 1 N–H and O–H groups in total. The lowest BCUT2D eigenvalue weighted by molar-refractivity contribution is 0.0695. The topological polar surface area (TPSA) is 65.0 Å². The molecule has 5 heteroatoms. The van der Waals surface area contributed by atoms with E-state index in [-0.39, 0.29) is 5.56 Å². The molecule has 5 nitrogen and oxygen atoms in total. The highest BCUT2D eigenvalue weighted by molar-refractivity contribution is 5.89. The SMILES string of the molecule is CC(C)CCC[C@@H](C)CCOc1cc(C(=O)O)cc(OCC[C@H](C)CCCC(C)C)c1OCC[C@H](C)CCCC(C)C. The van der Waals surface area contributed by atoms with Crippen LogP contribution in [-0.2, 0) is 0 Å². The molecule has 0 amide bonds. The summed E-state index contributed by atoms with van der Waals surface area (Å²) >= 11 is 0. The standard InChI is InChI=1S/C37H66O5/c1-27(2)13-10-16-30(7)19-22-40-34-25-33(37(38)39)26-35(41-23-20-31(8)17-11-14-28(3)4)36(34)42-24-21-32(9)18-12-15-29(5)6/h25-32H,10-24H2,1-9H3,(H,38,39)/t30-,31-,32-/m1/s1. The predicted octanol–water partition coefficient (Wildman–Crippen LogP) is 11.1. The zero-order valence-electron chi connectivity index (χ0n) is 28.8. The molecule has 0 bridgehead atoms. The summed E-state index contributed by atoms with van der Waals surface area (Å²) in [4.78, 5) is 12.0. The largest absolute Gasteiger partial charge is 0.490 e. The monoisotopic (exact) mass is 590 g/mol. The lowest BCUT2D eigenvalue weighted by atomic mass is 9.97. The van der Waals surface area contributed by atoms with E-state index in [4.69, 9.17) is 14.2 Å². The van der Waals surface area contributed by atoms with Gasteiger partial charge in [-0.1, -0.05) is 120 Å². The number of hydrogen-bond donors (Lipinski definition) is 1. The summed E-state index contributed by atoms with van der Waals surface area (Å²) in [5.74, 6) is 4.39. The Balaban J connectivity index is 2.96. The molecule has 0 aliphatic rings. The lowest BCUT2D eigenvalue weighted by Gasteiger charge is -2.20. The zero-order chi connectivity index (χ0) is 31.5. The summed E-state index contributed by atoms with van der Waals surface area (Å²) in [6.07, 6.45) is 13.8. The molecule has 3 atom stereocenters. The van der Waals surface area contributed by atoms with Gasteiger partial charge in [0.15, 0.2) is 11.5 Å². The lowest BCUT2D eigenvalue weighted by Crippen LogP contribution is -2.11. The average molecular weight is 591 g/mol. The molecule has 244 valence electrons. The molecule has 0 fully saturated rings. The first-order valence-electron chi connectivity index (χ1n) is 17.2. The second kappa shape index (κ2) is 21.7. The normalized spacial score (nSPS) is 13.9. The number of hydrogen-bond acceptors (Lipinski definition) is 4. The third-order valence-electron chi connectivity index (χ3n) is 8.30. The van der Waals surface area contributed by atoms with Crippen molar-refractivity contribution in [3.63, 3.8) is 0 Å². The van der Waals surface area contributed by atoms with E-state index >= 15 is 0 Å². The quantitative estimate of drug-likeness (QED) is 0.123. The molecule has 0 radical (unpaired) electrons. The molecule has 1 aromatic carbocycles. The van der Waals surface area contributed by atoms with Gasteiger partial charge in [0.1, 0.15) is 0 Å². The van der Waals surface area contributed by atoms with E-state index in [1.54, 1.807) is 12.1 Å². The molecule has 0 aliphatic carbocycles. The third kappa shape index (κ3) is 17.9. The van der Waals surface area contributed by atoms with Crippen LogP contribution in [0.15, 0.2) is 12.1 Å². The number of ether oxygens (including phenoxy) is 3. The van der Waals surface area contributed by atoms with Gasteiger partial charge in [-0.15, -0.1) is 0 Å². The summed E-state index contributed by atoms with van der Waals surface area (Å²) in [6.45, 7) is 22.1. The molecular weight excluding hydrogens is 524 g/mol. The van der Waals surface area contributed by atoms with Crippen LogP contribution in [-0.4, -0.2) is 30.9 Å². The molecule has 42 heavy (non-hydrogen) atoms. The maximum Gasteiger partial charge on any atom is 0.335 e. The van der Waals surface area contributed by atoms with Crippen LogP contribution >= 0.6 is 0 Å². The average Bonchev–Trinajstić information content (AvgIpc) is 2.89. The second-order valence-corrected chi connectivity index (χ2v) is 14.3. The summed E-state index contributed by atoms with van der Waals surface area (Å²) < 4.78 is 18.9. The van der Waals surface area contributed by atoms with Crippen LogP contribution in [0.1, 0.15) is 150 Å². The van der Waals surface area contributed by atoms with Gasteiger partial charge in [-0.05, 0) is 66.9 Å². The van der Waals surface area contributed by atoms with Crippen molar-refractivity contribution in [1.82, 2.24) is 0 Å². The van der Waals surface area contributed by atoms with Gasteiger partial charge < -0.3 is 19.3 Å². The number of carboxylic acids is 1. The molecule has 0 saturated carbocycles. The Morgan fingerprint density at radius 1 is 0.548 bits per heavy atom.